The summed E-state index contributed by atoms with van der Waals surface area (Å²) in [5, 5.41) is 17.7. The van der Waals surface area contributed by atoms with Crippen LogP contribution in [0.3, 0.4) is 0 Å². The number of hydrogen-bond donors (Lipinski definition) is 2. The van der Waals surface area contributed by atoms with Gasteiger partial charge in [0.1, 0.15) is 11.6 Å². The second-order valence-electron chi connectivity index (χ2n) is 2.44. The highest BCUT2D eigenvalue weighted by Gasteiger charge is 2.12. The summed E-state index contributed by atoms with van der Waals surface area (Å²) in [6.07, 6.45) is -0.329. The number of benzene rings is 1. The maximum Gasteiger partial charge on any atom is 0.307 e. The summed E-state index contributed by atoms with van der Waals surface area (Å²) in [6.45, 7) is 0. The number of phenolic OH excluding ortho intramolecular Hbond substituents is 1. The van der Waals surface area contributed by atoms with Crippen LogP contribution in [0.5, 0.6) is 5.75 Å². The third-order valence-corrected chi connectivity index (χ3v) is 2.25. The molecule has 5 heteroatoms. The number of aliphatic carboxylic acids is 1. The molecule has 0 bridgehead atoms. The lowest BCUT2D eigenvalue weighted by Crippen LogP contribution is -2.00. The Hall–Kier alpha value is -1.10. The van der Waals surface area contributed by atoms with Gasteiger partial charge in [-0.05, 0) is 22.0 Å². The van der Waals surface area contributed by atoms with E-state index in [0.29, 0.717) is 0 Å². The van der Waals surface area contributed by atoms with E-state index in [1.807, 2.05) is 0 Å². The molecule has 0 heterocycles. The summed E-state index contributed by atoms with van der Waals surface area (Å²) in [6, 6.07) is 2.34. The quantitative estimate of drug-likeness (QED) is 0.841. The minimum absolute atomic E-state index is 0.105. The highest BCUT2D eigenvalue weighted by atomic mass is 79.9. The molecule has 0 saturated carbocycles. The van der Waals surface area contributed by atoms with Gasteiger partial charge in [-0.25, -0.2) is 4.39 Å². The molecule has 0 unspecified atom stereocenters. The first kappa shape index (κ1) is 9.98. The van der Waals surface area contributed by atoms with Crippen molar-refractivity contribution in [2.75, 3.05) is 0 Å². The van der Waals surface area contributed by atoms with Gasteiger partial charge in [-0.2, -0.15) is 0 Å². The molecule has 0 saturated heterocycles. The van der Waals surface area contributed by atoms with Gasteiger partial charge in [0, 0.05) is 5.56 Å². The van der Waals surface area contributed by atoms with E-state index in [0.717, 1.165) is 6.07 Å². The summed E-state index contributed by atoms with van der Waals surface area (Å²) < 4.78 is 12.6. The second-order valence-corrected chi connectivity index (χ2v) is 3.23. The Labute approximate surface area is 81.9 Å². The zero-order chi connectivity index (χ0) is 10.0. The first-order chi connectivity index (χ1) is 6.02. The lowest BCUT2D eigenvalue weighted by atomic mass is 10.1. The minimum atomic E-state index is -1.08. The van der Waals surface area contributed by atoms with Crippen LogP contribution in [0.2, 0.25) is 0 Å². The summed E-state index contributed by atoms with van der Waals surface area (Å²) >= 11 is 2.80. The van der Waals surface area contributed by atoms with Crippen LogP contribution in [0.15, 0.2) is 16.6 Å². The number of aromatic hydroxyl groups is 1. The van der Waals surface area contributed by atoms with Gasteiger partial charge in [0.2, 0.25) is 0 Å². The maximum atomic E-state index is 12.7. The number of carboxylic acid groups (broad SMARTS) is 1. The standard InChI is InChI=1S/C8H6BrFO3/c9-7-5(10)2-1-4(8(7)13)3-6(11)12/h1-2,13H,3H2,(H,11,12). The van der Waals surface area contributed by atoms with E-state index >= 15 is 0 Å². The third-order valence-electron chi connectivity index (χ3n) is 1.49. The van der Waals surface area contributed by atoms with Crippen LogP contribution in [-0.4, -0.2) is 16.2 Å². The molecule has 13 heavy (non-hydrogen) atoms. The molecule has 2 N–H and O–H groups in total. The first-order valence-electron chi connectivity index (χ1n) is 3.40. The minimum Gasteiger partial charge on any atom is -0.506 e. The molecule has 0 aromatic heterocycles. The van der Waals surface area contributed by atoms with E-state index in [1.54, 1.807) is 0 Å². The molecule has 70 valence electrons. The predicted molar refractivity (Wildman–Crippen MR) is 47.1 cm³/mol. The Bertz CT molecular complexity index is 351. The number of carboxylic acids is 1. The van der Waals surface area contributed by atoms with E-state index in [2.05, 4.69) is 15.9 Å². The molecule has 1 rings (SSSR count). The Morgan fingerprint density at radius 2 is 2.15 bits per heavy atom. The number of phenols is 1. The number of carbonyl (C=O) groups is 1. The topological polar surface area (TPSA) is 57.5 Å². The molecule has 3 nitrogen and oxygen atoms in total. The highest BCUT2D eigenvalue weighted by molar-refractivity contribution is 9.10. The van der Waals surface area contributed by atoms with Gasteiger partial charge in [-0.3, -0.25) is 4.79 Å². The molecule has 1 aromatic carbocycles. The largest absolute Gasteiger partial charge is 0.506 e. The van der Waals surface area contributed by atoms with E-state index < -0.39 is 11.8 Å². The molecule has 0 aliphatic heterocycles. The van der Waals surface area contributed by atoms with Crippen LogP contribution < -0.4 is 0 Å². The first-order valence-corrected chi connectivity index (χ1v) is 4.19. The van der Waals surface area contributed by atoms with Crippen molar-refractivity contribution in [1.82, 2.24) is 0 Å². The van der Waals surface area contributed by atoms with Crippen LogP contribution in [-0.2, 0) is 11.2 Å². The molecule has 0 aliphatic carbocycles. The fraction of sp³-hybridized carbons (Fsp3) is 0.125. The van der Waals surface area contributed by atoms with E-state index in [1.165, 1.54) is 6.07 Å². The van der Waals surface area contributed by atoms with Gasteiger partial charge in [0.15, 0.2) is 0 Å². The van der Waals surface area contributed by atoms with Crippen molar-refractivity contribution in [3.63, 3.8) is 0 Å². The molecule has 0 spiro atoms. The third kappa shape index (κ3) is 2.18. The number of rotatable bonds is 2. The normalized spacial score (nSPS) is 10.0. The summed E-state index contributed by atoms with van der Waals surface area (Å²) in [5.41, 5.74) is 0.181. The van der Waals surface area contributed by atoms with Crippen LogP contribution in [0, 0.1) is 5.82 Å². The van der Waals surface area contributed by atoms with E-state index in [9.17, 15) is 14.3 Å². The van der Waals surface area contributed by atoms with Gasteiger partial charge in [-0.15, -0.1) is 0 Å². The van der Waals surface area contributed by atoms with Gasteiger partial charge in [0.05, 0.1) is 10.9 Å². The monoisotopic (exact) mass is 248 g/mol. The predicted octanol–water partition coefficient (Wildman–Crippen LogP) is 1.92. The van der Waals surface area contributed by atoms with Gasteiger partial charge < -0.3 is 10.2 Å². The van der Waals surface area contributed by atoms with Crippen molar-refractivity contribution in [2.24, 2.45) is 0 Å². The van der Waals surface area contributed by atoms with Crippen molar-refractivity contribution in [3.8, 4) is 5.75 Å². The van der Waals surface area contributed by atoms with Crippen molar-refractivity contribution in [2.45, 2.75) is 6.42 Å². The lowest BCUT2D eigenvalue weighted by Gasteiger charge is -2.03. The Kier molecular flexibility index (Phi) is 2.87. The van der Waals surface area contributed by atoms with Crippen molar-refractivity contribution < 1.29 is 19.4 Å². The van der Waals surface area contributed by atoms with Gasteiger partial charge in [0.25, 0.3) is 0 Å². The van der Waals surface area contributed by atoms with Crippen molar-refractivity contribution >= 4 is 21.9 Å². The molecular formula is C8H6BrFO3. The molecule has 0 aliphatic rings. The van der Waals surface area contributed by atoms with Crippen LogP contribution in [0.1, 0.15) is 5.56 Å². The Balaban J connectivity index is 3.10. The maximum absolute atomic E-state index is 12.7. The molecule has 0 atom stereocenters. The fourth-order valence-corrected chi connectivity index (χ4v) is 1.27. The van der Waals surface area contributed by atoms with E-state index in [4.69, 9.17) is 5.11 Å². The SMILES string of the molecule is O=C(O)Cc1ccc(F)c(Br)c1O. The number of hydrogen-bond acceptors (Lipinski definition) is 2. The van der Waals surface area contributed by atoms with E-state index in [-0.39, 0.29) is 22.2 Å². The summed E-state index contributed by atoms with van der Waals surface area (Å²) in [7, 11) is 0. The molecular weight excluding hydrogens is 243 g/mol. The fourth-order valence-electron chi connectivity index (χ4n) is 0.885. The summed E-state index contributed by atoms with van der Waals surface area (Å²) in [5.74, 6) is -2.05. The Morgan fingerprint density at radius 3 is 2.69 bits per heavy atom. The van der Waals surface area contributed by atoms with Crippen LogP contribution >= 0.6 is 15.9 Å². The molecule has 0 amide bonds. The average molecular weight is 249 g/mol. The zero-order valence-corrected chi connectivity index (χ0v) is 8.01. The molecule has 0 radical (unpaired) electrons. The van der Waals surface area contributed by atoms with Crippen molar-refractivity contribution in [3.05, 3.63) is 28.0 Å². The lowest BCUT2D eigenvalue weighted by molar-refractivity contribution is -0.136. The van der Waals surface area contributed by atoms with Gasteiger partial charge >= 0.3 is 5.97 Å². The summed E-state index contributed by atoms with van der Waals surface area (Å²) in [4.78, 5) is 10.3. The van der Waals surface area contributed by atoms with Crippen molar-refractivity contribution in [1.29, 1.82) is 0 Å². The smallest absolute Gasteiger partial charge is 0.307 e. The molecule has 0 fully saturated rings. The van der Waals surface area contributed by atoms with Gasteiger partial charge in [-0.1, -0.05) is 6.07 Å². The number of halogens is 2. The Morgan fingerprint density at radius 1 is 1.54 bits per heavy atom. The average Bonchev–Trinajstić information content (AvgIpc) is 2.06. The highest BCUT2D eigenvalue weighted by Crippen LogP contribution is 2.30. The zero-order valence-electron chi connectivity index (χ0n) is 6.42. The second kappa shape index (κ2) is 3.74. The molecule has 1 aromatic rings. The van der Waals surface area contributed by atoms with Crippen LogP contribution in [0.25, 0.3) is 0 Å². The van der Waals surface area contributed by atoms with Crippen LogP contribution in [0.4, 0.5) is 4.39 Å².